The Kier molecular flexibility index (Phi) is 7.10. The first kappa shape index (κ1) is 14.0. The molecule has 4 heteroatoms. The number of thiol groups is 1. The van der Waals surface area contributed by atoms with Gasteiger partial charge in [0.1, 0.15) is 5.75 Å². The summed E-state index contributed by atoms with van der Waals surface area (Å²) in [6, 6.07) is 5.28. The van der Waals surface area contributed by atoms with Gasteiger partial charge < -0.3 is 4.74 Å². The van der Waals surface area contributed by atoms with E-state index in [1.807, 2.05) is 0 Å². The normalized spacial score (nSPS) is 10.4. The molecule has 0 aliphatic rings. The molecule has 0 aliphatic heterocycles. The van der Waals surface area contributed by atoms with Crippen LogP contribution in [-0.2, 0) is 0 Å². The molecule has 1 aromatic rings. The van der Waals surface area contributed by atoms with Gasteiger partial charge in [0.05, 0.1) is 11.6 Å². The van der Waals surface area contributed by atoms with Gasteiger partial charge in [-0.15, -0.1) is 0 Å². The molecule has 0 heterocycles. The molecule has 0 aromatic heterocycles. The molecule has 1 rings (SSSR count). The fourth-order valence-electron chi connectivity index (χ4n) is 1.34. The third-order valence-corrected chi connectivity index (χ3v) is 3.05. The fourth-order valence-corrected chi connectivity index (χ4v) is 2.03. The maximum atomic E-state index is 5.97. The Morgan fingerprint density at radius 1 is 1.06 bits per heavy atom. The number of hydrogen-bond acceptors (Lipinski definition) is 2. The summed E-state index contributed by atoms with van der Waals surface area (Å²) in [5.41, 5.74) is 0. The van der Waals surface area contributed by atoms with Crippen LogP contribution in [0.1, 0.15) is 25.7 Å². The highest BCUT2D eigenvalue weighted by atomic mass is 35.5. The van der Waals surface area contributed by atoms with Crippen LogP contribution in [0.5, 0.6) is 5.75 Å². The van der Waals surface area contributed by atoms with Gasteiger partial charge >= 0.3 is 0 Å². The SMILES string of the molecule is SCCCCCCOc1ccc(Cl)cc1Cl. The summed E-state index contributed by atoms with van der Waals surface area (Å²) in [7, 11) is 0. The molecule has 0 unspecified atom stereocenters. The van der Waals surface area contributed by atoms with Crippen LogP contribution in [0.15, 0.2) is 18.2 Å². The van der Waals surface area contributed by atoms with Crippen LogP contribution in [0.3, 0.4) is 0 Å². The van der Waals surface area contributed by atoms with E-state index in [-0.39, 0.29) is 0 Å². The number of halogens is 2. The maximum absolute atomic E-state index is 5.97. The summed E-state index contributed by atoms with van der Waals surface area (Å²) in [6.45, 7) is 0.702. The lowest BCUT2D eigenvalue weighted by molar-refractivity contribution is 0.305. The van der Waals surface area contributed by atoms with Crippen molar-refractivity contribution in [3.63, 3.8) is 0 Å². The molecule has 90 valence electrons. The molecule has 0 saturated carbocycles. The van der Waals surface area contributed by atoms with Gasteiger partial charge in [-0.2, -0.15) is 12.6 Å². The standard InChI is InChI=1S/C12H16Cl2OS/c13-10-5-6-12(11(14)9-10)15-7-3-1-2-4-8-16/h5-6,9,16H,1-4,7-8H2. The highest BCUT2D eigenvalue weighted by Crippen LogP contribution is 2.27. The third-order valence-electron chi connectivity index (χ3n) is 2.20. The lowest BCUT2D eigenvalue weighted by atomic mass is 10.2. The summed E-state index contributed by atoms with van der Waals surface area (Å²) in [5, 5.41) is 1.20. The molecule has 0 atom stereocenters. The molecule has 0 spiro atoms. The van der Waals surface area contributed by atoms with Crippen molar-refractivity contribution in [3.05, 3.63) is 28.2 Å². The minimum atomic E-state index is 0.572. The van der Waals surface area contributed by atoms with E-state index < -0.39 is 0 Å². The molecule has 0 N–H and O–H groups in total. The van der Waals surface area contributed by atoms with Crippen LogP contribution in [0, 0.1) is 0 Å². The van der Waals surface area contributed by atoms with Gasteiger partial charge in [-0.25, -0.2) is 0 Å². The first-order chi connectivity index (χ1) is 7.74. The van der Waals surface area contributed by atoms with Crippen molar-refractivity contribution < 1.29 is 4.74 Å². The molecular formula is C12H16Cl2OS. The van der Waals surface area contributed by atoms with Crippen LogP contribution in [0.2, 0.25) is 10.0 Å². The van der Waals surface area contributed by atoms with Crippen LogP contribution in [0.25, 0.3) is 0 Å². The van der Waals surface area contributed by atoms with Crippen molar-refractivity contribution in [1.82, 2.24) is 0 Å². The van der Waals surface area contributed by atoms with E-state index in [4.69, 9.17) is 27.9 Å². The van der Waals surface area contributed by atoms with Gasteiger partial charge in [0.15, 0.2) is 0 Å². The molecule has 0 saturated heterocycles. The zero-order chi connectivity index (χ0) is 11.8. The third kappa shape index (κ3) is 5.33. The first-order valence-electron chi connectivity index (χ1n) is 5.43. The Balaban J connectivity index is 2.21. The van der Waals surface area contributed by atoms with Gasteiger partial charge in [-0.05, 0) is 36.8 Å². The largest absolute Gasteiger partial charge is 0.492 e. The van der Waals surface area contributed by atoms with Crippen LogP contribution in [-0.4, -0.2) is 12.4 Å². The number of benzene rings is 1. The average molecular weight is 279 g/mol. The van der Waals surface area contributed by atoms with Crippen molar-refractivity contribution in [2.45, 2.75) is 25.7 Å². The summed E-state index contributed by atoms with van der Waals surface area (Å²) >= 11 is 15.9. The molecule has 0 aliphatic carbocycles. The fraction of sp³-hybridized carbons (Fsp3) is 0.500. The summed E-state index contributed by atoms with van der Waals surface area (Å²) in [6.07, 6.45) is 4.60. The molecule has 16 heavy (non-hydrogen) atoms. The van der Waals surface area contributed by atoms with E-state index >= 15 is 0 Å². The zero-order valence-corrected chi connectivity index (χ0v) is 11.5. The molecule has 1 aromatic carbocycles. The smallest absolute Gasteiger partial charge is 0.137 e. The van der Waals surface area contributed by atoms with Crippen LogP contribution >= 0.6 is 35.8 Å². The van der Waals surface area contributed by atoms with Gasteiger partial charge in [0.25, 0.3) is 0 Å². The molecule has 1 nitrogen and oxygen atoms in total. The average Bonchev–Trinajstić information content (AvgIpc) is 2.26. The summed E-state index contributed by atoms with van der Waals surface area (Å²) < 4.78 is 5.56. The first-order valence-corrected chi connectivity index (χ1v) is 6.81. The van der Waals surface area contributed by atoms with E-state index in [0.717, 1.165) is 12.2 Å². The number of unbranched alkanes of at least 4 members (excludes halogenated alkanes) is 3. The van der Waals surface area contributed by atoms with Crippen LogP contribution in [0.4, 0.5) is 0 Å². The topological polar surface area (TPSA) is 9.23 Å². The van der Waals surface area contributed by atoms with E-state index in [9.17, 15) is 0 Å². The van der Waals surface area contributed by atoms with Crippen molar-refractivity contribution in [2.75, 3.05) is 12.4 Å². The van der Waals surface area contributed by atoms with Gasteiger partial charge in [-0.3, -0.25) is 0 Å². The molecule has 0 fully saturated rings. The van der Waals surface area contributed by atoms with Crippen molar-refractivity contribution >= 4 is 35.8 Å². The monoisotopic (exact) mass is 278 g/mol. The highest BCUT2D eigenvalue weighted by molar-refractivity contribution is 7.80. The quantitative estimate of drug-likeness (QED) is 0.554. The predicted octanol–water partition coefficient (Wildman–Crippen LogP) is 4.86. The molecular weight excluding hydrogens is 263 g/mol. The summed E-state index contributed by atoms with van der Waals surface area (Å²) in [4.78, 5) is 0. The van der Waals surface area contributed by atoms with Gasteiger partial charge in [-0.1, -0.05) is 36.0 Å². The molecule has 0 amide bonds. The van der Waals surface area contributed by atoms with Gasteiger partial charge in [0, 0.05) is 5.02 Å². The van der Waals surface area contributed by atoms with Crippen molar-refractivity contribution in [1.29, 1.82) is 0 Å². The minimum Gasteiger partial charge on any atom is -0.492 e. The number of hydrogen-bond donors (Lipinski definition) is 1. The van der Waals surface area contributed by atoms with E-state index in [2.05, 4.69) is 12.6 Å². The van der Waals surface area contributed by atoms with Crippen molar-refractivity contribution in [3.8, 4) is 5.75 Å². The Labute approximate surface area is 112 Å². The lowest BCUT2D eigenvalue weighted by Gasteiger charge is -2.07. The van der Waals surface area contributed by atoms with E-state index in [1.165, 1.54) is 19.3 Å². The maximum Gasteiger partial charge on any atom is 0.137 e. The second-order valence-electron chi connectivity index (χ2n) is 3.56. The highest BCUT2D eigenvalue weighted by Gasteiger charge is 2.01. The van der Waals surface area contributed by atoms with Crippen molar-refractivity contribution in [2.24, 2.45) is 0 Å². The van der Waals surface area contributed by atoms with Crippen LogP contribution < -0.4 is 4.74 Å². The Bertz CT molecular complexity index is 318. The second-order valence-corrected chi connectivity index (χ2v) is 4.85. The minimum absolute atomic E-state index is 0.572. The second kappa shape index (κ2) is 8.10. The summed E-state index contributed by atoms with van der Waals surface area (Å²) in [5.74, 6) is 1.67. The number of ether oxygens (including phenoxy) is 1. The Morgan fingerprint density at radius 3 is 2.50 bits per heavy atom. The zero-order valence-electron chi connectivity index (χ0n) is 9.09. The Hall–Kier alpha value is -0.0500. The predicted molar refractivity (Wildman–Crippen MR) is 74.3 cm³/mol. The van der Waals surface area contributed by atoms with Gasteiger partial charge in [0.2, 0.25) is 0 Å². The van der Waals surface area contributed by atoms with E-state index in [0.29, 0.717) is 22.4 Å². The molecule has 0 radical (unpaired) electrons. The van der Waals surface area contributed by atoms with E-state index in [1.54, 1.807) is 18.2 Å². The lowest BCUT2D eigenvalue weighted by Crippen LogP contribution is -1.97. The molecule has 0 bridgehead atoms. The number of rotatable bonds is 7. The Morgan fingerprint density at radius 2 is 1.81 bits per heavy atom.